The van der Waals surface area contributed by atoms with Crippen LogP contribution in [0.15, 0.2) is 53.9 Å². The van der Waals surface area contributed by atoms with Crippen LogP contribution in [0.1, 0.15) is 58.4 Å². The van der Waals surface area contributed by atoms with E-state index in [-0.39, 0.29) is 30.7 Å². The second-order valence-corrected chi connectivity index (χ2v) is 10.2. The standard InChI is InChI=1S/C27H33N5O3/c1-27(2,3)23(33)17-31-22-12-8-7-11-21(22)25(19-9-5-4-6-10-19)30-32(26(31)35)18-24(34)29-20-13-15-28-16-14-20/h7-8,11-16,19H,4-6,9-10,17-18H2,1-3H3,(H,28,29,34). The number of para-hydroxylation sites is 1. The number of carbonyl (C=O) groups is 3. The Bertz CT molecular complexity index is 1120. The molecule has 35 heavy (non-hydrogen) atoms. The lowest BCUT2D eigenvalue weighted by atomic mass is 9.83. The molecular formula is C27H33N5O3. The molecule has 4 rings (SSSR count). The number of benzene rings is 1. The fraction of sp³-hybridized carbons (Fsp3) is 0.444. The number of rotatable bonds is 6. The normalized spacial score (nSPS) is 16.9. The molecule has 3 amide bonds. The molecule has 1 aromatic heterocycles. The molecule has 0 spiro atoms. The second kappa shape index (κ2) is 10.4. The average Bonchev–Trinajstić information content (AvgIpc) is 2.95. The highest BCUT2D eigenvalue weighted by Gasteiger charge is 2.36. The summed E-state index contributed by atoms with van der Waals surface area (Å²) in [5.74, 6) is -0.242. The first-order chi connectivity index (χ1) is 16.7. The number of pyridine rings is 1. The van der Waals surface area contributed by atoms with E-state index in [4.69, 9.17) is 5.10 Å². The molecule has 0 unspecified atom stereocenters. The molecule has 1 fully saturated rings. The lowest BCUT2D eigenvalue weighted by Gasteiger charge is -2.28. The fourth-order valence-electron chi connectivity index (χ4n) is 4.48. The van der Waals surface area contributed by atoms with Gasteiger partial charge in [-0.25, -0.2) is 9.80 Å². The monoisotopic (exact) mass is 475 g/mol. The van der Waals surface area contributed by atoms with Crippen LogP contribution in [0.25, 0.3) is 0 Å². The average molecular weight is 476 g/mol. The number of Topliss-reactive ketones (excluding diaryl/α,β-unsaturated/α-hetero) is 1. The molecule has 0 radical (unpaired) electrons. The number of hydrogen-bond donors (Lipinski definition) is 1. The van der Waals surface area contributed by atoms with Crippen LogP contribution < -0.4 is 10.2 Å². The molecular weight excluding hydrogens is 442 g/mol. The van der Waals surface area contributed by atoms with Gasteiger partial charge < -0.3 is 5.32 Å². The van der Waals surface area contributed by atoms with Crippen molar-refractivity contribution in [3.8, 4) is 0 Å². The lowest BCUT2D eigenvalue weighted by molar-refractivity contribution is -0.124. The van der Waals surface area contributed by atoms with Gasteiger partial charge in [0.2, 0.25) is 5.91 Å². The Morgan fingerprint density at radius 2 is 1.69 bits per heavy atom. The maximum Gasteiger partial charge on any atom is 0.345 e. The summed E-state index contributed by atoms with van der Waals surface area (Å²) in [6.45, 7) is 5.18. The van der Waals surface area contributed by atoms with Gasteiger partial charge in [-0.15, -0.1) is 0 Å². The number of nitrogens with one attached hydrogen (secondary N) is 1. The third kappa shape index (κ3) is 5.75. The van der Waals surface area contributed by atoms with Crippen LogP contribution in [0.2, 0.25) is 0 Å². The Hall–Kier alpha value is -3.55. The highest BCUT2D eigenvalue weighted by Crippen LogP contribution is 2.34. The van der Waals surface area contributed by atoms with E-state index in [0.29, 0.717) is 11.4 Å². The quantitative estimate of drug-likeness (QED) is 0.645. The van der Waals surface area contributed by atoms with Gasteiger partial charge in [-0.1, -0.05) is 58.2 Å². The molecule has 2 aliphatic rings. The van der Waals surface area contributed by atoms with E-state index in [1.165, 1.54) is 16.3 Å². The van der Waals surface area contributed by atoms with Gasteiger partial charge in [-0.2, -0.15) is 5.10 Å². The van der Waals surface area contributed by atoms with Gasteiger partial charge in [0.1, 0.15) is 6.54 Å². The Balaban J connectivity index is 1.71. The minimum atomic E-state index is -0.613. The van der Waals surface area contributed by atoms with Gasteiger partial charge >= 0.3 is 6.03 Å². The predicted octanol–water partition coefficient (Wildman–Crippen LogP) is 4.86. The van der Waals surface area contributed by atoms with Crippen molar-refractivity contribution in [3.63, 3.8) is 0 Å². The van der Waals surface area contributed by atoms with Crippen molar-refractivity contribution in [2.45, 2.75) is 52.9 Å². The molecule has 1 aromatic carbocycles. The van der Waals surface area contributed by atoms with E-state index in [0.717, 1.165) is 37.0 Å². The zero-order valence-electron chi connectivity index (χ0n) is 20.7. The van der Waals surface area contributed by atoms with Crippen LogP contribution in [0.5, 0.6) is 0 Å². The summed E-state index contributed by atoms with van der Waals surface area (Å²) in [5.41, 5.74) is 2.31. The number of aromatic nitrogens is 1. The van der Waals surface area contributed by atoms with Gasteiger partial charge in [-0.3, -0.25) is 19.5 Å². The Labute approximate surface area is 206 Å². The van der Waals surface area contributed by atoms with Crippen LogP contribution in [0.3, 0.4) is 0 Å². The number of hydrogen-bond acceptors (Lipinski definition) is 5. The summed E-state index contributed by atoms with van der Waals surface area (Å²) in [5, 5.41) is 8.81. The van der Waals surface area contributed by atoms with Crippen molar-refractivity contribution in [1.82, 2.24) is 9.99 Å². The molecule has 0 saturated heterocycles. The summed E-state index contributed by atoms with van der Waals surface area (Å²) in [7, 11) is 0. The topological polar surface area (TPSA) is 95.0 Å². The molecule has 0 bridgehead atoms. The van der Waals surface area contributed by atoms with E-state index in [9.17, 15) is 14.4 Å². The van der Waals surface area contributed by atoms with E-state index in [1.807, 2.05) is 45.0 Å². The largest absolute Gasteiger partial charge is 0.345 e. The summed E-state index contributed by atoms with van der Waals surface area (Å²) < 4.78 is 0. The van der Waals surface area contributed by atoms with Crippen molar-refractivity contribution in [2.24, 2.45) is 16.4 Å². The number of nitrogens with zero attached hydrogens (tertiary/aromatic N) is 4. The van der Waals surface area contributed by atoms with E-state index >= 15 is 0 Å². The van der Waals surface area contributed by atoms with Gasteiger partial charge in [-0.05, 0) is 31.0 Å². The Morgan fingerprint density at radius 3 is 2.37 bits per heavy atom. The smallest absolute Gasteiger partial charge is 0.324 e. The van der Waals surface area contributed by atoms with Crippen molar-refractivity contribution < 1.29 is 14.4 Å². The number of ketones is 1. The number of carbonyl (C=O) groups excluding carboxylic acids is 3. The van der Waals surface area contributed by atoms with Gasteiger partial charge in [0.15, 0.2) is 5.78 Å². The molecule has 1 saturated carbocycles. The van der Waals surface area contributed by atoms with E-state index in [1.54, 1.807) is 24.5 Å². The zero-order valence-corrected chi connectivity index (χ0v) is 20.7. The van der Waals surface area contributed by atoms with Gasteiger partial charge in [0, 0.05) is 35.0 Å². The van der Waals surface area contributed by atoms with Gasteiger partial charge in [0.25, 0.3) is 0 Å². The number of fused-ring (bicyclic) bond motifs is 1. The molecule has 1 aliphatic heterocycles. The minimum absolute atomic E-state index is 0.0667. The predicted molar refractivity (Wildman–Crippen MR) is 136 cm³/mol. The Kier molecular flexibility index (Phi) is 7.28. The highest BCUT2D eigenvalue weighted by molar-refractivity contribution is 6.13. The Morgan fingerprint density at radius 1 is 1.00 bits per heavy atom. The van der Waals surface area contributed by atoms with Crippen molar-refractivity contribution in [2.75, 3.05) is 23.3 Å². The highest BCUT2D eigenvalue weighted by atomic mass is 16.2. The molecule has 2 heterocycles. The van der Waals surface area contributed by atoms with Crippen LogP contribution in [0, 0.1) is 11.3 Å². The third-order valence-electron chi connectivity index (χ3n) is 6.54. The molecule has 8 nitrogen and oxygen atoms in total. The molecule has 0 atom stereocenters. The molecule has 1 N–H and O–H groups in total. The molecule has 8 heteroatoms. The number of amides is 3. The van der Waals surface area contributed by atoms with Crippen LogP contribution in [-0.2, 0) is 9.59 Å². The SMILES string of the molecule is CC(C)(C)C(=O)CN1C(=O)N(CC(=O)Nc2ccncc2)N=C(C2CCCCC2)c2ccccc21. The lowest BCUT2D eigenvalue weighted by Crippen LogP contribution is -2.47. The first kappa shape index (κ1) is 24.6. The zero-order chi connectivity index (χ0) is 25.0. The summed E-state index contributed by atoms with van der Waals surface area (Å²) in [4.78, 5) is 45.1. The first-order valence-corrected chi connectivity index (χ1v) is 12.2. The van der Waals surface area contributed by atoms with E-state index in [2.05, 4.69) is 10.3 Å². The fourth-order valence-corrected chi connectivity index (χ4v) is 4.48. The van der Waals surface area contributed by atoms with Crippen molar-refractivity contribution >= 4 is 34.8 Å². The number of hydrazone groups is 1. The summed E-state index contributed by atoms with van der Waals surface area (Å²) >= 11 is 0. The minimum Gasteiger partial charge on any atom is -0.324 e. The first-order valence-electron chi connectivity index (χ1n) is 12.2. The maximum absolute atomic E-state index is 13.8. The molecule has 184 valence electrons. The summed E-state index contributed by atoms with van der Waals surface area (Å²) in [6, 6.07) is 10.5. The van der Waals surface area contributed by atoms with E-state index < -0.39 is 11.4 Å². The third-order valence-corrected chi connectivity index (χ3v) is 6.54. The number of anilines is 2. The summed E-state index contributed by atoms with van der Waals surface area (Å²) in [6.07, 6.45) is 8.54. The van der Waals surface area contributed by atoms with Gasteiger partial charge in [0.05, 0.1) is 17.9 Å². The van der Waals surface area contributed by atoms with Crippen LogP contribution >= 0.6 is 0 Å². The van der Waals surface area contributed by atoms with Crippen molar-refractivity contribution in [3.05, 3.63) is 54.4 Å². The maximum atomic E-state index is 13.8. The number of urea groups is 1. The molecule has 2 aromatic rings. The van der Waals surface area contributed by atoms with Crippen molar-refractivity contribution in [1.29, 1.82) is 0 Å². The van der Waals surface area contributed by atoms with Crippen LogP contribution in [0.4, 0.5) is 16.2 Å². The molecule has 1 aliphatic carbocycles. The van der Waals surface area contributed by atoms with Crippen LogP contribution in [-0.4, -0.2) is 46.5 Å². The second-order valence-electron chi connectivity index (χ2n) is 10.2.